The molecule has 37 heavy (non-hydrogen) atoms. The number of thiazole rings is 1. The van der Waals surface area contributed by atoms with Gasteiger partial charge in [0.25, 0.3) is 5.56 Å². The van der Waals surface area contributed by atoms with Crippen molar-refractivity contribution in [3.8, 4) is 17.2 Å². The zero-order valence-electron chi connectivity index (χ0n) is 21.3. The minimum absolute atomic E-state index is 0.0193. The summed E-state index contributed by atoms with van der Waals surface area (Å²) in [6, 6.07) is 10.2. The Morgan fingerprint density at radius 3 is 2.35 bits per heavy atom. The number of rotatable bonds is 5. The minimum atomic E-state index is -0.683. The van der Waals surface area contributed by atoms with Gasteiger partial charge in [-0.25, -0.2) is 4.99 Å². The Balaban J connectivity index is 1.82. The van der Waals surface area contributed by atoms with Crippen molar-refractivity contribution in [2.45, 2.75) is 32.7 Å². The van der Waals surface area contributed by atoms with E-state index in [2.05, 4.69) is 13.8 Å². The van der Waals surface area contributed by atoms with Crippen LogP contribution in [0.4, 0.5) is 0 Å². The van der Waals surface area contributed by atoms with Crippen LogP contribution in [0.15, 0.2) is 57.5 Å². The summed E-state index contributed by atoms with van der Waals surface area (Å²) in [6.45, 7) is 4.12. The molecular weight excluding hydrogens is 512 g/mol. The fourth-order valence-electron chi connectivity index (χ4n) is 5.06. The second kappa shape index (κ2) is 9.50. The van der Waals surface area contributed by atoms with Gasteiger partial charge in [-0.1, -0.05) is 55.0 Å². The maximum atomic E-state index is 13.9. The summed E-state index contributed by atoms with van der Waals surface area (Å²) < 4.78 is 18.8. The number of benzene rings is 2. The van der Waals surface area contributed by atoms with Crippen molar-refractivity contribution in [1.82, 2.24) is 4.57 Å². The van der Waals surface area contributed by atoms with E-state index in [0.717, 1.165) is 5.56 Å². The molecule has 0 amide bonds. The van der Waals surface area contributed by atoms with Crippen molar-refractivity contribution in [3.05, 3.63) is 83.5 Å². The monoisotopic (exact) mass is 538 g/mol. The van der Waals surface area contributed by atoms with E-state index in [1.807, 2.05) is 18.2 Å². The predicted molar refractivity (Wildman–Crippen MR) is 144 cm³/mol. The number of Topliss-reactive ketones (excluding diaryl/α,β-unsaturated/α-hetero) is 1. The molecule has 192 valence electrons. The number of hydrogen-bond acceptors (Lipinski definition) is 7. The van der Waals surface area contributed by atoms with Gasteiger partial charge in [0.2, 0.25) is 5.75 Å². The molecule has 5 rings (SSSR count). The average Bonchev–Trinajstić information content (AvgIpc) is 3.16. The Morgan fingerprint density at radius 2 is 1.73 bits per heavy atom. The molecule has 0 saturated heterocycles. The van der Waals surface area contributed by atoms with Crippen LogP contribution >= 0.6 is 22.9 Å². The van der Waals surface area contributed by atoms with Crippen molar-refractivity contribution in [3.63, 3.8) is 0 Å². The number of hydrogen-bond donors (Lipinski definition) is 0. The third-order valence-corrected chi connectivity index (χ3v) is 8.02. The third kappa shape index (κ3) is 4.38. The molecule has 2 aromatic carbocycles. The molecule has 0 radical (unpaired) electrons. The van der Waals surface area contributed by atoms with E-state index < -0.39 is 6.04 Å². The van der Waals surface area contributed by atoms with Gasteiger partial charge < -0.3 is 14.2 Å². The van der Waals surface area contributed by atoms with Crippen molar-refractivity contribution >= 4 is 34.8 Å². The van der Waals surface area contributed by atoms with Gasteiger partial charge in [-0.3, -0.25) is 14.2 Å². The van der Waals surface area contributed by atoms with Gasteiger partial charge in [-0.2, -0.15) is 0 Å². The van der Waals surface area contributed by atoms with Crippen LogP contribution in [0.2, 0.25) is 5.02 Å². The Bertz CT molecular complexity index is 1610. The quantitative estimate of drug-likeness (QED) is 0.484. The number of carbonyl (C=O) groups excluding carboxylic acids is 1. The number of methoxy groups -OCH3 is 3. The highest BCUT2D eigenvalue weighted by Crippen LogP contribution is 2.46. The Labute approximate surface area is 223 Å². The summed E-state index contributed by atoms with van der Waals surface area (Å²) in [7, 11) is 4.61. The van der Waals surface area contributed by atoms with Gasteiger partial charge in [0.15, 0.2) is 22.1 Å². The first kappa shape index (κ1) is 25.3. The smallest absolute Gasteiger partial charge is 0.271 e. The molecule has 0 N–H and O–H groups in total. The van der Waals surface area contributed by atoms with Gasteiger partial charge in [-0.05, 0) is 47.2 Å². The van der Waals surface area contributed by atoms with E-state index >= 15 is 0 Å². The summed E-state index contributed by atoms with van der Waals surface area (Å²) in [4.78, 5) is 32.8. The lowest BCUT2D eigenvalue weighted by atomic mass is 9.73. The van der Waals surface area contributed by atoms with Crippen LogP contribution < -0.4 is 29.1 Å². The van der Waals surface area contributed by atoms with Gasteiger partial charge in [0.1, 0.15) is 0 Å². The first-order valence-corrected chi connectivity index (χ1v) is 13.0. The highest BCUT2D eigenvalue weighted by Gasteiger charge is 2.41. The molecule has 2 aliphatic rings. The van der Waals surface area contributed by atoms with Gasteiger partial charge in [0, 0.05) is 17.0 Å². The molecular formula is C28H27ClN2O5S. The molecule has 2 heterocycles. The topological polar surface area (TPSA) is 79.1 Å². The molecule has 0 bridgehead atoms. The van der Waals surface area contributed by atoms with E-state index in [1.165, 1.54) is 32.7 Å². The molecule has 7 nitrogen and oxygen atoms in total. The standard InChI is InChI=1S/C28H27ClN2O5S/c1-28(2)13-18-23(19(32)14-28)24(16-10-20(34-3)25(36-5)21(11-16)35-4)31-26(33)22(37-27(31)30-18)12-15-8-6-7-9-17(15)29/h6-12,24H,13-14H2,1-5H3. The zero-order chi connectivity index (χ0) is 26.5. The lowest BCUT2D eigenvalue weighted by Crippen LogP contribution is -2.42. The summed E-state index contributed by atoms with van der Waals surface area (Å²) in [5.41, 5.74) is 2.18. The first-order valence-electron chi connectivity index (χ1n) is 11.8. The van der Waals surface area contributed by atoms with Gasteiger partial charge >= 0.3 is 0 Å². The van der Waals surface area contributed by atoms with Gasteiger partial charge in [0.05, 0.1) is 37.6 Å². The fraction of sp³-hybridized carbons (Fsp3) is 0.321. The van der Waals surface area contributed by atoms with Crippen molar-refractivity contribution in [2.75, 3.05) is 21.3 Å². The highest BCUT2D eigenvalue weighted by atomic mass is 35.5. The average molecular weight is 539 g/mol. The predicted octanol–water partition coefficient (Wildman–Crippen LogP) is 4.28. The number of allylic oxidation sites excluding steroid dienone is 2. The van der Waals surface area contributed by atoms with Crippen LogP contribution in [0.5, 0.6) is 17.2 Å². The Hall–Kier alpha value is -3.36. The van der Waals surface area contributed by atoms with Crippen molar-refractivity contribution in [2.24, 2.45) is 10.4 Å². The van der Waals surface area contributed by atoms with Gasteiger partial charge in [-0.15, -0.1) is 0 Å². The van der Waals surface area contributed by atoms with Crippen molar-refractivity contribution < 1.29 is 19.0 Å². The molecule has 0 spiro atoms. The van der Waals surface area contributed by atoms with E-state index in [1.54, 1.807) is 28.8 Å². The number of ketones is 1. The van der Waals surface area contributed by atoms with Crippen LogP contribution in [0, 0.1) is 5.41 Å². The Morgan fingerprint density at radius 1 is 1.05 bits per heavy atom. The van der Waals surface area contributed by atoms with E-state index in [9.17, 15) is 9.59 Å². The molecule has 3 aromatic rings. The number of carbonyl (C=O) groups is 1. The molecule has 1 unspecified atom stereocenters. The summed E-state index contributed by atoms with van der Waals surface area (Å²) in [5.74, 6) is 1.30. The number of halogens is 1. The van der Waals surface area contributed by atoms with Crippen LogP contribution in [0.25, 0.3) is 6.08 Å². The maximum Gasteiger partial charge on any atom is 0.271 e. The zero-order valence-corrected chi connectivity index (χ0v) is 22.8. The summed E-state index contributed by atoms with van der Waals surface area (Å²) >= 11 is 7.66. The second-order valence-electron chi connectivity index (χ2n) is 9.86. The highest BCUT2D eigenvalue weighted by molar-refractivity contribution is 7.07. The summed E-state index contributed by atoms with van der Waals surface area (Å²) in [5, 5.41) is 0.547. The fourth-order valence-corrected chi connectivity index (χ4v) is 6.26. The van der Waals surface area contributed by atoms with Crippen LogP contribution in [-0.2, 0) is 4.79 Å². The molecule has 1 aliphatic carbocycles. The largest absolute Gasteiger partial charge is 0.493 e. The number of ether oxygens (including phenoxy) is 3. The molecule has 0 fully saturated rings. The molecule has 0 saturated carbocycles. The lowest BCUT2D eigenvalue weighted by Gasteiger charge is -2.35. The first-order chi connectivity index (χ1) is 17.7. The minimum Gasteiger partial charge on any atom is -0.493 e. The van der Waals surface area contributed by atoms with Crippen LogP contribution in [0.1, 0.15) is 43.9 Å². The Kier molecular flexibility index (Phi) is 6.50. The van der Waals surface area contributed by atoms with E-state index in [0.29, 0.717) is 61.3 Å². The number of aromatic nitrogens is 1. The van der Waals surface area contributed by atoms with Crippen LogP contribution in [0.3, 0.4) is 0 Å². The summed E-state index contributed by atoms with van der Waals surface area (Å²) in [6.07, 6.45) is 2.77. The normalized spacial score (nSPS) is 18.7. The number of nitrogens with zero attached hydrogens (tertiary/aromatic N) is 2. The molecule has 1 aliphatic heterocycles. The maximum absolute atomic E-state index is 13.9. The van der Waals surface area contributed by atoms with E-state index in [-0.39, 0.29) is 16.8 Å². The molecule has 9 heteroatoms. The van der Waals surface area contributed by atoms with Crippen molar-refractivity contribution in [1.29, 1.82) is 0 Å². The third-order valence-electron chi connectivity index (χ3n) is 6.69. The molecule has 1 atom stereocenters. The second-order valence-corrected chi connectivity index (χ2v) is 11.3. The van der Waals surface area contributed by atoms with E-state index in [4.69, 9.17) is 30.8 Å². The SMILES string of the molecule is COc1cc(C2C3=C(CC(C)(C)CC3=O)N=c3sc(=Cc4ccccc4Cl)c(=O)n32)cc(OC)c1OC. The molecule has 1 aromatic heterocycles. The number of fused-ring (bicyclic) bond motifs is 1. The van der Waals surface area contributed by atoms with Crippen LogP contribution in [-0.4, -0.2) is 31.7 Å². The lowest BCUT2D eigenvalue weighted by molar-refractivity contribution is -0.118.